The fourth-order valence-electron chi connectivity index (χ4n) is 3.06. The second kappa shape index (κ2) is 10.2. The zero-order valence-electron chi connectivity index (χ0n) is 16.9. The molecule has 0 aliphatic rings. The summed E-state index contributed by atoms with van der Waals surface area (Å²) in [6, 6.07) is 11.9. The Morgan fingerprint density at radius 2 is 1.76 bits per heavy atom. The van der Waals surface area contributed by atoms with Crippen LogP contribution >= 0.6 is 0 Å². The molecule has 6 nitrogen and oxygen atoms in total. The highest BCUT2D eigenvalue weighted by Crippen LogP contribution is 2.22. The molecule has 2 aromatic rings. The number of carbonyl (C=O) groups excluding carboxylic acids is 1. The van der Waals surface area contributed by atoms with Gasteiger partial charge in [-0.1, -0.05) is 19.1 Å². The summed E-state index contributed by atoms with van der Waals surface area (Å²) in [5.41, 5.74) is 1.38. The van der Waals surface area contributed by atoms with Gasteiger partial charge in [-0.2, -0.15) is 0 Å². The smallest absolute Gasteiger partial charge is 0.243 e. The summed E-state index contributed by atoms with van der Waals surface area (Å²) in [4.78, 5) is 12.7. The molecule has 0 radical (unpaired) electrons. The molecule has 0 saturated carbocycles. The number of nitrogens with one attached hydrogen (secondary N) is 1. The Bertz CT molecular complexity index is 899. The number of hydrogen-bond donors (Lipinski definition) is 1. The van der Waals surface area contributed by atoms with Crippen molar-refractivity contribution in [1.29, 1.82) is 0 Å². The Labute approximate surface area is 171 Å². The summed E-state index contributed by atoms with van der Waals surface area (Å²) in [6.45, 7) is 2.16. The van der Waals surface area contributed by atoms with Crippen LogP contribution in [0.2, 0.25) is 0 Å². The van der Waals surface area contributed by atoms with E-state index in [9.17, 15) is 17.6 Å². The van der Waals surface area contributed by atoms with Crippen LogP contribution in [0.3, 0.4) is 0 Å². The minimum Gasteiger partial charge on any atom is -0.497 e. The number of methoxy groups -OCH3 is 1. The number of aryl methyl sites for hydroxylation is 1. The number of benzene rings is 2. The van der Waals surface area contributed by atoms with Gasteiger partial charge >= 0.3 is 0 Å². The van der Waals surface area contributed by atoms with Gasteiger partial charge in [0.1, 0.15) is 17.6 Å². The van der Waals surface area contributed by atoms with Gasteiger partial charge in [0.2, 0.25) is 15.9 Å². The molecule has 29 heavy (non-hydrogen) atoms. The first-order valence-corrected chi connectivity index (χ1v) is 11.3. The predicted molar refractivity (Wildman–Crippen MR) is 112 cm³/mol. The van der Waals surface area contributed by atoms with E-state index in [1.165, 1.54) is 24.3 Å². The molecule has 2 rings (SSSR count). The third-order valence-electron chi connectivity index (χ3n) is 4.51. The van der Waals surface area contributed by atoms with Crippen LogP contribution in [0, 0.1) is 5.82 Å². The molecular formula is C21H27FN2O4S. The highest BCUT2D eigenvalue weighted by molar-refractivity contribution is 7.92. The van der Waals surface area contributed by atoms with E-state index in [-0.39, 0.29) is 18.0 Å². The van der Waals surface area contributed by atoms with Gasteiger partial charge in [-0.3, -0.25) is 9.10 Å². The summed E-state index contributed by atoms with van der Waals surface area (Å²) < 4.78 is 44.1. The van der Waals surface area contributed by atoms with E-state index in [1.54, 1.807) is 14.0 Å². The quantitative estimate of drug-likeness (QED) is 0.597. The number of hydrogen-bond acceptors (Lipinski definition) is 4. The molecule has 1 atom stereocenters. The second-order valence-corrected chi connectivity index (χ2v) is 8.56. The summed E-state index contributed by atoms with van der Waals surface area (Å²) in [5, 5.41) is 2.82. The standard InChI is InChI=1S/C21H27FN2O4S/c1-4-20(24(29(3,26)27)18-11-9-17(22)10-12-18)21(25)23-15-5-6-16-7-13-19(28-2)14-8-16/h7-14,20H,4-6,15H2,1-3H3,(H,23,25). The first-order chi connectivity index (χ1) is 13.8. The van der Waals surface area contributed by atoms with Crippen LogP contribution < -0.4 is 14.4 Å². The lowest BCUT2D eigenvalue weighted by Crippen LogP contribution is -2.49. The van der Waals surface area contributed by atoms with Crippen molar-refractivity contribution in [2.24, 2.45) is 0 Å². The minimum absolute atomic E-state index is 0.258. The van der Waals surface area contributed by atoms with Crippen molar-refractivity contribution in [2.45, 2.75) is 32.2 Å². The largest absolute Gasteiger partial charge is 0.497 e. The maximum Gasteiger partial charge on any atom is 0.243 e. The highest BCUT2D eigenvalue weighted by atomic mass is 32.2. The molecule has 0 saturated heterocycles. The molecule has 0 spiro atoms. The zero-order valence-corrected chi connectivity index (χ0v) is 17.7. The molecule has 0 bridgehead atoms. The van der Waals surface area contributed by atoms with Gasteiger partial charge in [0.15, 0.2) is 0 Å². The van der Waals surface area contributed by atoms with E-state index in [4.69, 9.17) is 4.74 Å². The molecule has 0 heterocycles. The minimum atomic E-state index is -3.73. The summed E-state index contributed by atoms with van der Waals surface area (Å²) in [5.74, 6) is -0.0651. The van der Waals surface area contributed by atoms with Crippen LogP contribution in [0.15, 0.2) is 48.5 Å². The van der Waals surface area contributed by atoms with E-state index in [0.717, 1.165) is 28.3 Å². The maximum absolute atomic E-state index is 13.2. The third kappa shape index (κ3) is 6.45. The second-order valence-electron chi connectivity index (χ2n) is 6.70. The molecule has 158 valence electrons. The van der Waals surface area contributed by atoms with Crippen molar-refractivity contribution >= 4 is 21.6 Å². The fraction of sp³-hybridized carbons (Fsp3) is 0.381. The third-order valence-corrected chi connectivity index (χ3v) is 5.69. The van der Waals surface area contributed by atoms with Gasteiger partial charge in [-0.15, -0.1) is 0 Å². The van der Waals surface area contributed by atoms with Crippen LogP contribution in [0.5, 0.6) is 5.75 Å². The number of halogens is 1. The van der Waals surface area contributed by atoms with Crippen LogP contribution in [0.4, 0.5) is 10.1 Å². The van der Waals surface area contributed by atoms with E-state index in [1.807, 2.05) is 24.3 Å². The van der Waals surface area contributed by atoms with Crippen molar-refractivity contribution in [2.75, 3.05) is 24.2 Å². The maximum atomic E-state index is 13.2. The summed E-state index contributed by atoms with van der Waals surface area (Å²) >= 11 is 0. The Kier molecular flexibility index (Phi) is 8.01. The van der Waals surface area contributed by atoms with E-state index < -0.39 is 21.9 Å². The molecule has 1 amide bonds. The van der Waals surface area contributed by atoms with Gasteiger partial charge in [0, 0.05) is 6.54 Å². The molecule has 8 heteroatoms. The van der Waals surface area contributed by atoms with Crippen LogP contribution in [0.25, 0.3) is 0 Å². The fourth-order valence-corrected chi connectivity index (χ4v) is 4.27. The number of rotatable bonds is 10. The SMILES string of the molecule is CCC(C(=O)NCCCc1ccc(OC)cc1)N(c1ccc(F)cc1)S(C)(=O)=O. The first kappa shape index (κ1) is 22.7. The monoisotopic (exact) mass is 422 g/mol. The van der Waals surface area contributed by atoms with E-state index in [0.29, 0.717) is 13.0 Å². The average molecular weight is 423 g/mol. The Morgan fingerprint density at radius 1 is 1.14 bits per heavy atom. The van der Waals surface area contributed by atoms with Crippen molar-refractivity contribution in [1.82, 2.24) is 5.32 Å². The van der Waals surface area contributed by atoms with Crippen molar-refractivity contribution in [3.8, 4) is 5.75 Å². The van der Waals surface area contributed by atoms with Crippen molar-refractivity contribution in [3.63, 3.8) is 0 Å². The topological polar surface area (TPSA) is 75.7 Å². The highest BCUT2D eigenvalue weighted by Gasteiger charge is 2.31. The average Bonchev–Trinajstić information content (AvgIpc) is 2.69. The van der Waals surface area contributed by atoms with Gasteiger partial charge < -0.3 is 10.1 Å². The summed E-state index contributed by atoms with van der Waals surface area (Å²) in [7, 11) is -2.12. The number of amides is 1. The molecule has 0 aliphatic heterocycles. The van der Waals surface area contributed by atoms with Crippen LogP contribution in [-0.2, 0) is 21.2 Å². The van der Waals surface area contributed by atoms with E-state index >= 15 is 0 Å². The lowest BCUT2D eigenvalue weighted by Gasteiger charge is -2.30. The van der Waals surface area contributed by atoms with Gasteiger partial charge in [-0.05, 0) is 61.2 Å². The van der Waals surface area contributed by atoms with E-state index in [2.05, 4.69) is 5.32 Å². The number of nitrogens with zero attached hydrogens (tertiary/aromatic N) is 1. The molecule has 2 aromatic carbocycles. The Hall–Kier alpha value is -2.61. The zero-order chi connectivity index (χ0) is 21.4. The van der Waals surface area contributed by atoms with Gasteiger partial charge in [0.05, 0.1) is 19.1 Å². The Morgan fingerprint density at radius 3 is 2.28 bits per heavy atom. The molecule has 0 aromatic heterocycles. The molecular weight excluding hydrogens is 395 g/mol. The van der Waals surface area contributed by atoms with Crippen LogP contribution in [-0.4, -0.2) is 40.3 Å². The predicted octanol–water partition coefficient (Wildman–Crippen LogP) is 3.13. The Balaban J connectivity index is 2.00. The summed E-state index contributed by atoms with van der Waals surface area (Å²) in [6.07, 6.45) is 2.81. The van der Waals surface area contributed by atoms with Crippen molar-refractivity contribution in [3.05, 3.63) is 59.9 Å². The normalized spacial score (nSPS) is 12.3. The lowest BCUT2D eigenvalue weighted by molar-refractivity contribution is -0.122. The van der Waals surface area contributed by atoms with Gasteiger partial charge in [-0.25, -0.2) is 12.8 Å². The molecule has 1 N–H and O–H groups in total. The van der Waals surface area contributed by atoms with Gasteiger partial charge in [0.25, 0.3) is 0 Å². The molecule has 1 unspecified atom stereocenters. The lowest BCUT2D eigenvalue weighted by atomic mass is 10.1. The van der Waals surface area contributed by atoms with Crippen LogP contribution in [0.1, 0.15) is 25.3 Å². The number of anilines is 1. The van der Waals surface area contributed by atoms with Crippen molar-refractivity contribution < 1.29 is 22.3 Å². The number of sulfonamides is 1. The number of carbonyl (C=O) groups is 1. The number of ether oxygens (including phenoxy) is 1. The molecule has 0 aliphatic carbocycles. The first-order valence-electron chi connectivity index (χ1n) is 9.42. The molecule has 0 fully saturated rings.